The van der Waals surface area contributed by atoms with Crippen LogP contribution in [0, 0.1) is 0 Å². The first kappa shape index (κ1) is 25.4. The molecule has 3 heterocycles. The number of alkyl carbamates (subject to hydrolysis) is 1. The Morgan fingerprint density at radius 1 is 1.35 bits per heavy atom. The number of H-pyrrole nitrogens is 1. The Balaban J connectivity index is 0.000000177. The number of fused-ring (bicyclic) bond motifs is 1. The fraction of sp³-hybridized carbons (Fsp3) is 0.600. The van der Waals surface area contributed by atoms with Crippen LogP contribution in [0.5, 0.6) is 5.88 Å². The van der Waals surface area contributed by atoms with E-state index < -0.39 is 30.6 Å². The molecule has 3 fully saturated rings. The molecule has 1 saturated heterocycles. The number of alkyl halides is 2. The standard InChI is InChI=1S/C10H11F2N5O2.C6H9NO3.C4H8O/c1-17-6(4-9(16-17)19-5-7(11)12)10(18)14-8-2-3-13-15-8;1-10-4(8)7-5-2-6(5,9)3-5;1-2-4-5-3-1/h2-4,7H,5H2,1H3,(H2,13,14,15,18);9H,2-3H2,1H3,(H,7,8);1-4H2. The summed E-state index contributed by atoms with van der Waals surface area (Å²) in [5, 5.41) is 24.4. The van der Waals surface area contributed by atoms with E-state index in [4.69, 9.17) is 9.47 Å². The number of hydrogen-bond acceptors (Lipinski definition) is 8. The maximum atomic E-state index is 12.0. The molecule has 12 nitrogen and oxygen atoms in total. The third-order valence-corrected chi connectivity index (χ3v) is 5.38. The Morgan fingerprint density at radius 3 is 2.50 bits per heavy atom. The molecule has 4 N–H and O–H groups in total. The maximum absolute atomic E-state index is 12.0. The highest BCUT2D eigenvalue weighted by Crippen LogP contribution is 2.70. The fourth-order valence-corrected chi connectivity index (χ4v) is 3.20. The van der Waals surface area contributed by atoms with Gasteiger partial charge in [-0.05, 0) is 12.8 Å². The van der Waals surface area contributed by atoms with Gasteiger partial charge in [0.15, 0.2) is 6.61 Å². The number of halogens is 2. The summed E-state index contributed by atoms with van der Waals surface area (Å²) in [4.78, 5) is 22.5. The summed E-state index contributed by atoms with van der Waals surface area (Å²) in [6, 6.07) is 2.86. The number of methoxy groups -OCH3 is 1. The molecule has 2 amide bonds. The van der Waals surface area contributed by atoms with Gasteiger partial charge >= 0.3 is 6.09 Å². The number of aromatic amines is 1. The summed E-state index contributed by atoms with van der Waals surface area (Å²) >= 11 is 0. The van der Waals surface area contributed by atoms with Crippen LogP contribution in [0.3, 0.4) is 0 Å². The molecular formula is C20H28F2N6O6. The number of amides is 2. The lowest BCUT2D eigenvalue weighted by molar-refractivity contribution is 0.0792. The molecule has 3 aliphatic rings. The van der Waals surface area contributed by atoms with Gasteiger partial charge in [-0.15, -0.1) is 5.10 Å². The van der Waals surface area contributed by atoms with Gasteiger partial charge in [0.05, 0.1) is 24.4 Å². The van der Waals surface area contributed by atoms with Crippen molar-refractivity contribution in [2.45, 2.75) is 43.2 Å². The van der Waals surface area contributed by atoms with E-state index in [9.17, 15) is 23.5 Å². The average Bonchev–Trinajstić information content (AvgIpc) is 3.32. The van der Waals surface area contributed by atoms with Crippen molar-refractivity contribution in [3.8, 4) is 5.88 Å². The van der Waals surface area contributed by atoms with Gasteiger partial charge in [0.2, 0.25) is 5.88 Å². The first-order valence-corrected chi connectivity index (χ1v) is 10.6. The van der Waals surface area contributed by atoms with E-state index in [1.165, 1.54) is 43.9 Å². The summed E-state index contributed by atoms with van der Waals surface area (Å²) in [5.41, 5.74) is -0.680. The van der Waals surface area contributed by atoms with E-state index >= 15 is 0 Å². The molecule has 0 aromatic carbocycles. The molecule has 14 heteroatoms. The number of nitrogens with one attached hydrogen (secondary N) is 3. The van der Waals surface area contributed by atoms with Gasteiger partial charge in [-0.3, -0.25) is 14.6 Å². The van der Waals surface area contributed by atoms with Crippen molar-refractivity contribution in [3.63, 3.8) is 0 Å². The molecule has 2 aromatic rings. The molecule has 2 aromatic heterocycles. The van der Waals surface area contributed by atoms with Gasteiger partial charge in [-0.1, -0.05) is 0 Å². The fourth-order valence-electron chi connectivity index (χ4n) is 3.20. The minimum Gasteiger partial charge on any atom is -0.471 e. The summed E-state index contributed by atoms with van der Waals surface area (Å²) in [6.07, 6.45) is 2.37. The number of rotatable bonds is 6. The Kier molecular flexibility index (Phi) is 8.04. The van der Waals surface area contributed by atoms with Gasteiger partial charge < -0.3 is 30.0 Å². The Hall–Kier alpha value is -3.26. The van der Waals surface area contributed by atoms with Crippen LogP contribution in [0.2, 0.25) is 0 Å². The van der Waals surface area contributed by atoms with Crippen LogP contribution in [-0.2, 0) is 16.5 Å². The number of hydrogen-bond donors (Lipinski definition) is 4. The minimum atomic E-state index is -2.59. The molecule has 2 aliphatic carbocycles. The quantitative estimate of drug-likeness (QED) is 0.479. The molecule has 0 radical (unpaired) electrons. The van der Waals surface area contributed by atoms with Crippen molar-refractivity contribution < 1.29 is 37.7 Å². The summed E-state index contributed by atoms with van der Waals surface area (Å²) in [7, 11) is 2.83. The molecule has 2 saturated carbocycles. The van der Waals surface area contributed by atoms with E-state index in [1.54, 1.807) is 6.07 Å². The first-order chi connectivity index (χ1) is 16.2. The van der Waals surface area contributed by atoms with E-state index in [2.05, 4.69) is 30.7 Å². The summed E-state index contributed by atoms with van der Waals surface area (Å²) in [6.45, 7) is 1.23. The second-order valence-electron chi connectivity index (χ2n) is 8.02. The van der Waals surface area contributed by atoms with Crippen molar-refractivity contribution in [1.29, 1.82) is 0 Å². The minimum absolute atomic E-state index is 0.0300. The van der Waals surface area contributed by atoms with Gasteiger partial charge in [-0.2, -0.15) is 5.10 Å². The van der Waals surface area contributed by atoms with Gasteiger partial charge in [-0.25, -0.2) is 13.6 Å². The molecule has 0 atom stereocenters. The topological polar surface area (TPSA) is 153 Å². The van der Waals surface area contributed by atoms with Crippen molar-refractivity contribution in [2.75, 3.05) is 32.2 Å². The largest absolute Gasteiger partial charge is 0.471 e. The summed E-state index contributed by atoms with van der Waals surface area (Å²) < 4.78 is 39.3. The number of aromatic nitrogens is 4. The molecule has 0 bridgehead atoms. The van der Waals surface area contributed by atoms with Crippen molar-refractivity contribution in [1.82, 2.24) is 25.3 Å². The van der Waals surface area contributed by atoms with Crippen LogP contribution >= 0.6 is 0 Å². The van der Waals surface area contributed by atoms with Gasteiger partial charge in [0.25, 0.3) is 12.3 Å². The van der Waals surface area contributed by atoms with Crippen molar-refractivity contribution >= 4 is 17.8 Å². The Labute approximate surface area is 193 Å². The lowest BCUT2D eigenvalue weighted by Crippen LogP contribution is -2.30. The molecule has 0 unspecified atom stereocenters. The Morgan fingerprint density at radius 2 is 2.03 bits per heavy atom. The number of ether oxygens (including phenoxy) is 3. The number of aryl methyl sites for hydroxylation is 1. The van der Waals surface area contributed by atoms with Gasteiger partial charge in [0, 0.05) is 45.2 Å². The number of aliphatic hydroxyl groups is 1. The lowest BCUT2D eigenvalue weighted by atomic mass is 10.3. The van der Waals surface area contributed by atoms with Crippen molar-refractivity contribution in [2.24, 2.45) is 7.05 Å². The highest BCUT2D eigenvalue weighted by Gasteiger charge is 2.84. The van der Waals surface area contributed by atoms with E-state index in [0.717, 1.165) is 13.2 Å². The zero-order valence-corrected chi connectivity index (χ0v) is 18.8. The second-order valence-corrected chi connectivity index (χ2v) is 8.02. The van der Waals surface area contributed by atoms with Crippen LogP contribution in [-0.4, -0.2) is 81.6 Å². The molecule has 1 aliphatic heterocycles. The molecule has 188 valence electrons. The number of anilines is 1. The summed E-state index contributed by atoms with van der Waals surface area (Å²) in [5.74, 6) is -0.0649. The van der Waals surface area contributed by atoms with Crippen LogP contribution in [0.1, 0.15) is 36.2 Å². The normalized spacial score (nSPS) is 23.5. The molecular weight excluding hydrogens is 458 g/mol. The monoisotopic (exact) mass is 486 g/mol. The SMILES string of the molecule is C1CCOC1.COC(=O)NC12CC1(O)C2.Cn1nc(OCC(F)F)cc1C(=O)Nc1ccn[nH]1. The second kappa shape index (κ2) is 10.8. The van der Waals surface area contributed by atoms with Crippen LogP contribution in [0.4, 0.5) is 19.4 Å². The maximum Gasteiger partial charge on any atom is 0.407 e. The zero-order valence-electron chi connectivity index (χ0n) is 18.8. The number of nitrogens with zero attached hydrogens (tertiary/aromatic N) is 3. The predicted molar refractivity (Wildman–Crippen MR) is 114 cm³/mol. The highest BCUT2D eigenvalue weighted by molar-refractivity contribution is 6.02. The average molecular weight is 486 g/mol. The van der Waals surface area contributed by atoms with E-state index in [0.29, 0.717) is 18.7 Å². The number of carbonyl (C=O) groups excluding carboxylic acids is 2. The van der Waals surface area contributed by atoms with E-state index in [1.807, 2.05) is 0 Å². The third-order valence-electron chi connectivity index (χ3n) is 5.38. The lowest BCUT2D eigenvalue weighted by Gasteiger charge is -2.02. The first-order valence-electron chi connectivity index (χ1n) is 10.6. The van der Waals surface area contributed by atoms with Crippen LogP contribution in [0.15, 0.2) is 18.3 Å². The van der Waals surface area contributed by atoms with Gasteiger partial charge in [0.1, 0.15) is 11.5 Å². The highest BCUT2D eigenvalue weighted by atomic mass is 19.3. The third kappa shape index (κ3) is 6.63. The molecule has 5 rings (SSSR count). The van der Waals surface area contributed by atoms with E-state index in [-0.39, 0.29) is 17.1 Å². The van der Waals surface area contributed by atoms with Crippen molar-refractivity contribution in [3.05, 3.63) is 24.0 Å². The van der Waals surface area contributed by atoms with Crippen LogP contribution < -0.4 is 15.4 Å². The Bertz CT molecular complexity index is 949. The molecule has 0 spiro atoms. The van der Waals surface area contributed by atoms with Crippen LogP contribution in [0.25, 0.3) is 0 Å². The smallest absolute Gasteiger partial charge is 0.407 e. The number of carbonyl (C=O) groups is 2. The zero-order chi connectivity index (χ0) is 24.8. The predicted octanol–water partition coefficient (Wildman–Crippen LogP) is 1.46. The molecule has 34 heavy (non-hydrogen) atoms.